The molecule has 0 N–H and O–H groups in total. The predicted molar refractivity (Wildman–Crippen MR) is 84.0 cm³/mol. The van der Waals surface area contributed by atoms with Crippen LogP contribution in [0, 0.1) is 3.57 Å². The lowest BCUT2D eigenvalue weighted by atomic mass is 10.2. The van der Waals surface area contributed by atoms with E-state index in [9.17, 15) is 0 Å². The first-order valence-corrected chi connectivity index (χ1v) is 6.90. The van der Waals surface area contributed by atoms with Gasteiger partial charge in [-0.15, -0.1) is 0 Å². The quantitative estimate of drug-likeness (QED) is 0.433. The molecule has 0 saturated heterocycles. The van der Waals surface area contributed by atoms with Gasteiger partial charge < -0.3 is 4.90 Å². The summed E-state index contributed by atoms with van der Waals surface area (Å²) in [6.45, 7) is 0. The van der Waals surface area contributed by atoms with Crippen molar-refractivity contribution in [1.82, 2.24) is 9.88 Å². The number of rotatable bonds is 2. The van der Waals surface area contributed by atoms with Crippen molar-refractivity contribution >= 4 is 61.4 Å². The van der Waals surface area contributed by atoms with Crippen molar-refractivity contribution < 1.29 is 0 Å². The molecular formula is C12H11BrIN3. The van der Waals surface area contributed by atoms with E-state index in [1.54, 1.807) is 12.5 Å². The van der Waals surface area contributed by atoms with Crippen molar-refractivity contribution in [1.29, 1.82) is 0 Å². The molecule has 0 amide bonds. The summed E-state index contributed by atoms with van der Waals surface area (Å²) in [5, 5.41) is 1.06. The maximum atomic E-state index is 4.51. The van der Waals surface area contributed by atoms with E-state index in [-0.39, 0.29) is 0 Å². The second kappa shape index (κ2) is 5.30. The molecular weight excluding hydrogens is 393 g/mol. The minimum atomic E-state index is 0.943. The van der Waals surface area contributed by atoms with Crippen LogP contribution in [0.25, 0.3) is 10.9 Å². The molecule has 0 aliphatic carbocycles. The Morgan fingerprint density at radius 3 is 2.94 bits per heavy atom. The predicted octanol–water partition coefficient (Wildman–Crippen LogP) is 3.82. The number of nitrogens with zero attached hydrogens (tertiary/aromatic N) is 3. The number of aliphatic imine (C=N–C) groups is 1. The summed E-state index contributed by atoms with van der Waals surface area (Å²) in [7, 11) is 3.91. The highest BCUT2D eigenvalue weighted by molar-refractivity contribution is 14.1. The van der Waals surface area contributed by atoms with Crippen molar-refractivity contribution in [2.24, 2.45) is 4.99 Å². The molecule has 1 aromatic heterocycles. The normalized spacial score (nSPS) is 11.3. The van der Waals surface area contributed by atoms with Crippen LogP contribution < -0.4 is 0 Å². The van der Waals surface area contributed by atoms with Gasteiger partial charge in [0.1, 0.15) is 0 Å². The summed E-state index contributed by atoms with van der Waals surface area (Å²) in [4.78, 5) is 10.8. The Labute approximate surface area is 122 Å². The first kappa shape index (κ1) is 12.8. The van der Waals surface area contributed by atoms with Gasteiger partial charge in [0.25, 0.3) is 0 Å². The lowest BCUT2D eigenvalue weighted by Gasteiger charge is -2.08. The molecule has 1 aromatic carbocycles. The van der Waals surface area contributed by atoms with Gasteiger partial charge in [-0.3, -0.25) is 4.98 Å². The second-order valence-corrected chi connectivity index (χ2v) is 5.81. The minimum Gasteiger partial charge on any atom is -0.369 e. The van der Waals surface area contributed by atoms with Crippen molar-refractivity contribution in [2.45, 2.75) is 0 Å². The Kier molecular flexibility index (Phi) is 3.98. The fourth-order valence-corrected chi connectivity index (χ4v) is 3.18. The highest BCUT2D eigenvalue weighted by Gasteiger charge is 2.08. The lowest BCUT2D eigenvalue weighted by molar-refractivity contribution is 0.643. The van der Waals surface area contributed by atoms with E-state index in [0.29, 0.717) is 0 Å². The van der Waals surface area contributed by atoms with Gasteiger partial charge in [-0.25, -0.2) is 4.99 Å². The number of fused-ring (bicyclic) bond motifs is 1. The standard InChI is InChI=1S/C12H11BrIN3/c1-17(2)7-16-12-8-4-3-5-15-11(8)9(13)6-10(12)14/h3-7H,1-2H3/b16-7+. The number of hydrogen-bond acceptors (Lipinski definition) is 2. The van der Waals surface area contributed by atoms with E-state index < -0.39 is 0 Å². The van der Waals surface area contributed by atoms with Gasteiger partial charge in [-0.05, 0) is 56.7 Å². The smallest absolute Gasteiger partial charge is 0.0907 e. The third kappa shape index (κ3) is 2.77. The summed E-state index contributed by atoms with van der Waals surface area (Å²) < 4.78 is 2.11. The third-order valence-corrected chi connectivity index (χ3v) is 3.61. The summed E-state index contributed by atoms with van der Waals surface area (Å²) in [6.07, 6.45) is 3.59. The van der Waals surface area contributed by atoms with Gasteiger partial charge >= 0.3 is 0 Å². The molecule has 17 heavy (non-hydrogen) atoms. The van der Waals surface area contributed by atoms with Crippen LogP contribution in [-0.4, -0.2) is 30.3 Å². The van der Waals surface area contributed by atoms with Gasteiger partial charge in [0.2, 0.25) is 0 Å². The van der Waals surface area contributed by atoms with E-state index in [2.05, 4.69) is 48.5 Å². The number of benzene rings is 1. The molecule has 0 atom stereocenters. The Hall–Kier alpha value is -0.690. The number of aromatic nitrogens is 1. The molecule has 3 nitrogen and oxygen atoms in total. The molecule has 0 bridgehead atoms. The Balaban J connectivity index is 2.69. The Bertz CT molecular complexity index is 581. The zero-order valence-electron chi connectivity index (χ0n) is 9.48. The summed E-state index contributed by atoms with van der Waals surface area (Å²) in [5.74, 6) is 0. The van der Waals surface area contributed by atoms with E-state index in [4.69, 9.17) is 0 Å². The number of hydrogen-bond donors (Lipinski definition) is 0. The van der Waals surface area contributed by atoms with E-state index in [1.165, 1.54) is 0 Å². The van der Waals surface area contributed by atoms with Crippen molar-refractivity contribution in [3.05, 3.63) is 32.4 Å². The third-order valence-electron chi connectivity index (χ3n) is 2.19. The fraction of sp³-hybridized carbons (Fsp3) is 0.167. The van der Waals surface area contributed by atoms with Gasteiger partial charge in [-0.2, -0.15) is 0 Å². The Morgan fingerprint density at radius 2 is 2.24 bits per heavy atom. The molecule has 0 radical (unpaired) electrons. The largest absolute Gasteiger partial charge is 0.369 e. The molecule has 5 heteroatoms. The highest BCUT2D eigenvalue weighted by Crippen LogP contribution is 2.34. The van der Waals surface area contributed by atoms with Crippen LogP contribution >= 0.6 is 38.5 Å². The first-order valence-electron chi connectivity index (χ1n) is 5.03. The molecule has 2 aromatic rings. The molecule has 0 spiro atoms. The van der Waals surface area contributed by atoms with E-state index in [0.717, 1.165) is 24.6 Å². The maximum absolute atomic E-state index is 4.51. The zero-order chi connectivity index (χ0) is 12.4. The van der Waals surface area contributed by atoms with Crippen molar-refractivity contribution in [2.75, 3.05) is 14.1 Å². The second-order valence-electron chi connectivity index (χ2n) is 3.80. The molecule has 0 unspecified atom stereocenters. The fourth-order valence-electron chi connectivity index (χ4n) is 1.47. The van der Waals surface area contributed by atoms with E-state index in [1.807, 2.05) is 37.2 Å². The van der Waals surface area contributed by atoms with Crippen LogP contribution in [-0.2, 0) is 0 Å². The highest BCUT2D eigenvalue weighted by atomic mass is 127. The average molecular weight is 404 g/mol. The molecule has 0 aliphatic heterocycles. The van der Waals surface area contributed by atoms with Crippen LogP contribution in [0.1, 0.15) is 0 Å². The van der Waals surface area contributed by atoms with Gasteiger partial charge in [0.05, 0.1) is 17.5 Å². The monoisotopic (exact) mass is 403 g/mol. The van der Waals surface area contributed by atoms with Crippen LogP contribution in [0.2, 0.25) is 0 Å². The van der Waals surface area contributed by atoms with Crippen LogP contribution in [0.15, 0.2) is 33.9 Å². The van der Waals surface area contributed by atoms with Crippen LogP contribution in [0.5, 0.6) is 0 Å². The van der Waals surface area contributed by atoms with Gasteiger partial charge in [-0.1, -0.05) is 0 Å². The molecule has 2 rings (SSSR count). The minimum absolute atomic E-state index is 0.943. The lowest BCUT2D eigenvalue weighted by Crippen LogP contribution is -2.07. The molecule has 0 aliphatic rings. The first-order chi connectivity index (χ1) is 8.09. The zero-order valence-corrected chi connectivity index (χ0v) is 13.2. The Morgan fingerprint density at radius 1 is 1.47 bits per heavy atom. The SMILES string of the molecule is CN(C)/C=N/c1c(I)cc(Br)c2ncccc12. The van der Waals surface area contributed by atoms with Gasteiger partial charge in [0, 0.05) is 33.7 Å². The summed E-state index contributed by atoms with van der Waals surface area (Å²) >= 11 is 5.82. The van der Waals surface area contributed by atoms with E-state index >= 15 is 0 Å². The summed E-state index contributed by atoms with van der Waals surface area (Å²) in [5.41, 5.74) is 1.91. The van der Waals surface area contributed by atoms with Gasteiger partial charge in [0.15, 0.2) is 0 Å². The van der Waals surface area contributed by atoms with Crippen molar-refractivity contribution in [3.8, 4) is 0 Å². The average Bonchev–Trinajstić information content (AvgIpc) is 2.28. The van der Waals surface area contributed by atoms with Crippen molar-refractivity contribution in [3.63, 3.8) is 0 Å². The molecule has 88 valence electrons. The molecule has 0 fully saturated rings. The van der Waals surface area contributed by atoms with Crippen LogP contribution in [0.3, 0.4) is 0 Å². The maximum Gasteiger partial charge on any atom is 0.0907 e. The topological polar surface area (TPSA) is 28.5 Å². The van der Waals surface area contributed by atoms with Crippen LogP contribution in [0.4, 0.5) is 5.69 Å². The summed E-state index contributed by atoms with van der Waals surface area (Å²) in [6, 6.07) is 6.01. The molecule has 0 saturated carbocycles. The number of halogens is 2. The number of pyridine rings is 1. The molecule has 1 heterocycles.